The number of fused-ring (bicyclic) bond motifs is 2. The lowest BCUT2D eigenvalue weighted by Gasteiger charge is -2.15. The Balaban J connectivity index is 0.00000108. The molecule has 17 heavy (non-hydrogen) atoms. The summed E-state index contributed by atoms with van der Waals surface area (Å²) in [4.78, 5) is 16.8. The van der Waals surface area contributed by atoms with Crippen LogP contribution in [0.2, 0.25) is 0 Å². The lowest BCUT2D eigenvalue weighted by atomic mass is 9.97. The highest BCUT2D eigenvalue weighted by molar-refractivity contribution is 5.85. The number of hydrogen-bond donors (Lipinski definition) is 0. The van der Waals surface area contributed by atoms with Crippen LogP contribution in [-0.4, -0.2) is 9.38 Å². The third-order valence-electron chi connectivity index (χ3n) is 3.26. The fourth-order valence-electron chi connectivity index (χ4n) is 2.37. The highest BCUT2D eigenvalue weighted by Gasteiger charge is 2.15. The summed E-state index contributed by atoms with van der Waals surface area (Å²) in [6.45, 7) is 2.02. The number of aryl methyl sites for hydroxylation is 2. The van der Waals surface area contributed by atoms with Crippen LogP contribution in [0.3, 0.4) is 0 Å². The smallest absolute Gasteiger partial charge is 0.261 e. The average molecular weight is 251 g/mol. The maximum atomic E-state index is 12.2. The topological polar surface area (TPSA) is 34.4 Å². The van der Waals surface area contributed by atoms with Crippen LogP contribution in [0.25, 0.3) is 5.65 Å². The summed E-state index contributed by atoms with van der Waals surface area (Å²) >= 11 is 0. The van der Waals surface area contributed by atoms with Gasteiger partial charge in [-0.05, 0) is 50.3 Å². The first-order chi connectivity index (χ1) is 7.75. The van der Waals surface area contributed by atoms with Gasteiger partial charge in [0.1, 0.15) is 5.65 Å². The molecule has 3 nitrogen and oxygen atoms in total. The molecular weight excluding hydrogens is 236 g/mol. The highest BCUT2D eigenvalue weighted by atomic mass is 35.5. The zero-order valence-corrected chi connectivity index (χ0v) is 10.6. The van der Waals surface area contributed by atoms with E-state index >= 15 is 0 Å². The van der Waals surface area contributed by atoms with E-state index < -0.39 is 0 Å². The fourth-order valence-corrected chi connectivity index (χ4v) is 2.37. The second kappa shape index (κ2) is 4.49. The Morgan fingerprint density at radius 3 is 2.88 bits per heavy atom. The molecular formula is C13H15ClN2O. The van der Waals surface area contributed by atoms with E-state index in [2.05, 4.69) is 4.98 Å². The van der Waals surface area contributed by atoms with Gasteiger partial charge in [0.25, 0.3) is 5.56 Å². The van der Waals surface area contributed by atoms with Gasteiger partial charge >= 0.3 is 0 Å². The lowest BCUT2D eigenvalue weighted by molar-refractivity contribution is 0.656. The number of rotatable bonds is 0. The van der Waals surface area contributed by atoms with Gasteiger partial charge < -0.3 is 0 Å². The van der Waals surface area contributed by atoms with Crippen LogP contribution < -0.4 is 5.56 Å². The zero-order valence-electron chi connectivity index (χ0n) is 9.77. The van der Waals surface area contributed by atoms with Crippen molar-refractivity contribution in [3.05, 3.63) is 45.5 Å². The summed E-state index contributed by atoms with van der Waals surface area (Å²) in [5.74, 6) is 0. The molecule has 1 aliphatic carbocycles. The fraction of sp³-hybridized carbons (Fsp3) is 0.385. The molecule has 2 heterocycles. The van der Waals surface area contributed by atoms with Crippen molar-refractivity contribution in [3.63, 3.8) is 0 Å². The Bertz CT molecular complexity index is 619. The minimum atomic E-state index is 0. The summed E-state index contributed by atoms with van der Waals surface area (Å²) in [6.07, 6.45) is 5.94. The van der Waals surface area contributed by atoms with Crippen molar-refractivity contribution in [2.75, 3.05) is 0 Å². The quantitative estimate of drug-likeness (QED) is 0.719. The van der Waals surface area contributed by atoms with E-state index in [9.17, 15) is 4.79 Å². The summed E-state index contributed by atoms with van der Waals surface area (Å²) in [5, 5.41) is 0. The maximum Gasteiger partial charge on any atom is 0.261 e. The first-order valence-corrected chi connectivity index (χ1v) is 5.76. The minimum Gasteiger partial charge on any atom is -0.269 e. The predicted octanol–water partition coefficient (Wildman–Crippen LogP) is 2.30. The molecule has 0 fully saturated rings. The van der Waals surface area contributed by atoms with E-state index in [1.807, 2.05) is 25.3 Å². The lowest BCUT2D eigenvalue weighted by Crippen LogP contribution is -2.24. The van der Waals surface area contributed by atoms with Crippen molar-refractivity contribution in [3.8, 4) is 0 Å². The Kier molecular flexibility index (Phi) is 3.20. The molecule has 0 saturated heterocycles. The van der Waals surface area contributed by atoms with Gasteiger partial charge in [0.2, 0.25) is 0 Å². The van der Waals surface area contributed by atoms with E-state index in [0.717, 1.165) is 48.2 Å². The standard InChI is InChI=1S/C13H14N2O.ClH/c1-9-6-7-15-12(8-9)14-11-5-3-2-4-10(11)13(15)16;/h6-8H,2-5H2,1H3;1H. The Labute approximate surface area is 106 Å². The normalized spacial score (nSPS) is 14.2. The van der Waals surface area contributed by atoms with Crippen LogP contribution in [-0.2, 0) is 12.8 Å². The van der Waals surface area contributed by atoms with Gasteiger partial charge in [0.05, 0.1) is 5.69 Å². The molecule has 0 radical (unpaired) electrons. The van der Waals surface area contributed by atoms with Crippen molar-refractivity contribution in [2.45, 2.75) is 32.6 Å². The molecule has 0 aliphatic heterocycles. The molecule has 1 aliphatic rings. The maximum absolute atomic E-state index is 12.2. The van der Waals surface area contributed by atoms with E-state index in [1.165, 1.54) is 0 Å². The van der Waals surface area contributed by atoms with Gasteiger partial charge in [-0.1, -0.05) is 0 Å². The summed E-state index contributed by atoms with van der Waals surface area (Å²) in [5.41, 5.74) is 3.99. The molecule has 0 bridgehead atoms. The van der Waals surface area contributed by atoms with Crippen molar-refractivity contribution < 1.29 is 0 Å². The van der Waals surface area contributed by atoms with Crippen molar-refractivity contribution >= 4 is 18.1 Å². The minimum absolute atomic E-state index is 0. The summed E-state index contributed by atoms with van der Waals surface area (Å²) in [7, 11) is 0. The SMILES string of the molecule is Cc1ccn2c(=O)c3c(nc2c1)CCCC3.Cl. The molecule has 3 rings (SSSR count). The Morgan fingerprint density at radius 2 is 2.06 bits per heavy atom. The van der Waals surface area contributed by atoms with Crippen LogP contribution in [0.1, 0.15) is 29.7 Å². The van der Waals surface area contributed by atoms with E-state index in [4.69, 9.17) is 0 Å². The van der Waals surface area contributed by atoms with Crippen LogP contribution in [0.5, 0.6) is 0 Å². The molecule has 2 aromatic rings. The summed E-state index contributed by atoms with van der Waals surface area (Å²) < 4.78 is 1.66. The van der Waals surface area contributed by atoms with Gasteiger partial charge in [-0.25, -0.2) is 4.98 Å². The number of pyridine rings is 1. The van der Waals surface area contributed by atoms with E-state index in [-0.39, 0.29) is 18.0 Å². The predicted molar refractivity (Wildman–Crippen MR) is 70.1 cm³/mol. The first-order valence-electron chi connectivity index (χ1n) is 5.76. The number of hydrogen-bond acceptors (Lipinski definition) is 2. The van der Waals surface area contributed by atoms with Gasteiger partial charge in [-0.15, -0.1) is 12.4 Å². The molecule has 0 unspecified atom stereocenters. The molecule has 4 heteroatoms. The van der Waals surface area contributed by atoms with E-state index in [1.54, 1.807) is 4.40 Å². The largest absolute Gasteiger partial charge is 0.269 e. The number of nitrogens with zero attached hydrogens (tertiary/aromatic N) is 2. The molecule has 0 N–H and O–H groups in total. The molecule has 0 amide bonds. The van der Waals surface area contributed by atoms with Crippen LogP contribution in [0.15, 0.2) is 23.1 Å². The highest BCUT2D eigenvalue weighted by Crippen LogP contribution is 2.17. The molecule has 2 aromatic heterocycles. The third kappa shape index (κ3) is 1.95. The monoisotopic (exact) mass is 250 g/mol. The summed E-state index contributed by atoms with van der Waals surface area (Å²) in [6, 6.07) is 3.92. The molecule has 0 spiro atoms. The number of halogens is 1. The van der Waals surface area contributed by atoms with Gasteiger partial charge in [-0.3, -0.25) is 9.20 Å². The zero-order chi connectivity index (χ0) is 11.1. The van der Waals surface area contributed by atoms with Crippen molar-refractivity contribution in [1.29, 1.82) is 0 Å². The van der Waals surface area contributed by atoms with E-state index in [0.29, 0.717) is 0 Å². The first kappa shape index (κ1) is 12.1. The van der Waals surface area contributed by atoms with Crippen LogP contribution in [0, 0.1) is 6.92 Å². The van der Waals surface area contributed by atoms with Gasteiger partial charge in [0.15, 0.2) is 0 Å². The Morgan fingerprint density at radius 1 is 1.29 bits per heavy atom. The molecule has 0 aromatic carbocycles. The van der Waals surface area contributed by atoms with Gasteiger partial charge in [-0.2, -0.15) is 0 Å². The van der Waals surface area contributed by atoms with Crippen molar-refractivity contribution in [2.24, 2.45) is 0 Å². The number of aromatic nitrogens is 2. The molecule has 90 valence electrons. The van der Waals surface area contributed by atoms with Crippen LogP contribution >= 0.6 is 12.4 Å². The molecule has 0 atom stereocenters. The van der Waals surface area contributed by atoms with Crippen molar-refractivity contribution in [1.82, 2.24) is 9.38 Å². The van der Waals surface area contributed by atoms with Gasteiger partial charge in [0, 0.05) is 11.8 Å². The van der Waals surface area contributed by atoms with Crippen LogP contribution in [0.4, 0.5) is 0 Å². The average Bonchev–Trinajstić information content (AvgIpc) is 2.29. The second-order valence-electron chi connectivity index (χ2n) is 4.48. The third-order valence-corrected chi connectivity index (χ3v) is 3.26. The second-order valence-corrected chi connectivity index (χ2v) is 4.48. The Hall–Kier alpha value is -1.35. The molecule has 0 saturated carbocycles.